The lowest BCUT2D eigenvalue weighted by molar-refractivity contribution is -0.329. The van der Waals surface area contributed by atoms with Crippen LogP contribution in [0.2, 0.25) is 0 Å². The third kappa shape index (κ3) is 8.79. The largest absolute Gasteiger partial charge is 0.496 e. The maximum atomic E-state index is 12.2. The molecule has 0 aliphatic carbocycles. The van der Waals surface area contributed by atoms with Gasteiger partial charge in [-0.25, -0.2) is 0 Å². The number of hydrogen-bond acceptors (Lipinski definition) is 10. The lowest BCUT2D eigenvalue weighted by Gasteiger charge is -2.43. The molecule has 0 unspecified atom stereocenters. The number of fused-ring (bicyclic) bond motifs is 1. The van der Waals surface area contributed by atoms with Gasteiger partial charge in [-0.3, -0.25) is 0 Å². The Hall–Kier alpha value is -4.20. The third-order valence-electron chi connectivity index (χ3n) is 9.78. The van der Waals surface area contributed by atoms with E-state index in [4.69, 9.17) is 33.2 Å². The molecule has 2 heterocycles. The summed E-state index contributed by atoms with van der Waals surface area (Å²) in [5.74, 6) is 0.560. The predicted octanol–water partition coefficient (Wildman–Crippen LogP) is 5.50. The zero-order valence-corrected chi connectivity index (χ0v) is 29.6. The van der Waals surface area contributed by atoms with E-state index >= 15 is 0 Å². The highest BCUT2D eigenvalue weighted by atomic mass is 16.7. The number of aliphatic hydroxyl groups excluding tert-OH is 3. The molecule has 53 heavy (non-hydrogen) atoms. The average Bonchev–Trinajstić information content (AvgIpc) is 3.50. The van der Waals surface area contributed by atoms with Crippen LogP contribution in [0.1, 0.15) is 28.4 Å². The van der Waals surface area contributed by atoms with Crippen LogP contribution in [-0.4, -0.2) is 84.7 Å². The lowest BCUT2D eigenvalue weighted by atomic mass is 9.94. The fraction of sp³-hybridized carbons (Fsp3) is 0.349. The van der Waals surface area contributed by atoms with Crippen LogP contribution < -0.4 is 4.74 Å². The summed E-state index contributed by atoms with van der Waals surface area (Å²) < 4.78 is 43.8. The van der Waals surface area contributed by atoms with Crippen LogP contribution in [0.3, 0.4) is 0 Å². The van der Waals surface area contributed by atoms with Crippen molar-refractivity contribution in [2.75, 3.05) is 20.3 Å². The van der Waals surface area contributed by atoms with E-state index in [2.05, 4.69) is 0 Å². The Kier molecular flexibility index (Phi) is 12.4. The van der Waals surface area contributed by atoms with Crippen molar-refractivity contribution in [2.24, 2.45) is 0 Å². The molecule has 2 aliphatic heterocycles. The van der Waals surface area contributed by atoms with Gasteiger partial charge in [0.15, 0.2) is 6.29 Å². The molecular weight excluding hydrogens is 676 g/mol. The summed E-state index contributed by atoms with van der Waals surface area (Å²) in [6, 6.07) is 40.6. The Bertz CT molecular complexity index is 1860. The van der Waals surface area contributed by atoms with Crippen molar-refractivity contribution in [3.8, 4) is 5.75 Å². The van der Waals surface area contributed by atoms with Gasteiger partial charge in [-0.05, 0) is 33.5 Å². The molecule has 0 spiro atoms. The van der Waals surface area contributed by atoms with Crippen molar-refractivity contribution in [1.82, 2.24) is 0 Å². The molecule has 0 bridgehead atoms. The van der Waals surface area contributed by atoms with E-state index in [0.29, 0.717) is 17.9 Å². The number of aliphatic hydroxyl groups is 3. The first-order valence-electron chi connectivity index (χ1n) is 17.9. The topological polar surface area (TPSA) is 125 Å². The van der Waals surface area contributed by atoms with E-state index in [1.165, 1.54) is 0 Å². The summed E-state index contributed by atoms with van der Waals surface area (Å²) in [6.45, 7) is 0.781. The maximum Gasteiger partial charge on any atom is 0.187 e. The molecular formula is C43H46O10. The van der Waals surface area contributed by atoms with E-state index in [1.807, 2.05) is 127 Å². The van der Waals surface area contributed by atoms with Gasteiger partial charge in [-0.15, -0.1) is 0 Å². The molecule has 3 N–H and O–H groups in total. The molecule has 10 heteroatoms. The van der Waals surface area contributed by atoms with Gasteiger partial charge in [0.05, 0.1) is 40.1 Å². The molecule has 0 radical (unpaired) electrons. The van der Waals surface area contributed by atoms with Crippen LogP contribution in [0.4, 0.5) is 0 Å². The zero-order chi connectivity index (χ0) is 36.6. The zero-order valence-electron chi connectivity index (χ0n) is 29.6. The fourth-order valence-corrected chi connectivity index (χ4v) is 7.01. The second-order valence-electron chi connectivity index (χ2n) is 13.4. The Balaban J connectivity index is 1.16. The van der Waals surface area contributed by atoms with E-state index < -0.39 is 55.1 Å². The molecule has 9 atom stereocenters. The highest BCUT2D eigenvalue weighted by Crippen LogP contribution is 2.44. The number of ether oxygens (including phenoxy) is 7. The van der Waals surface area contributed by atoms with E-state index in [9.17, 15) is 15.3 Å². The van der Waals surface area contributed by atoms with Crippen LogP contribution in [-0.2, 0) is 48.2 Å². The number of methoxy groups -OCH3 is 1. The summed E-state index contributed by atoms with van der Waals surface area (Å²) in [6.07, 6.45) is -9.89. The molecule has 0 saturated carbocycles. The minimum Gasteiger partial charge on any atom is -0.496 e. The van der Waals surface area contributed by atoms with E-state index in [-0.39, 0.29) is 26.4 Å². The monoisotopic (exact) mass is 722 g/mol. The van der Waals surface area contributed by atoms with Crippen LogP contribution in [0, 0.1) is 0 Å². The van der Waals surface area contributed by atoms with Crippen LogP contribution >= 0.6 is 0 Å². The Labute approximate surface area is 309 Å². The molecule has 278 valence electrons. The molecule has 7 rings (SSSR count). The Morgan fingerprint density at radius 1 is 0.547 bits per heavy atom. The highest BCUT2D eigenvalue weighted by Gasteiger charge is 2.52. The highest BCUT2D eigenvalue weighted by molar-refractivity contribution is 5.88. The second-order valence-corrected chi connectivity index (χ2v) is 13.4. The second kappa shape index (κ2) is 17.7. The quantitative estimate of drug-likeness (QED) is 0.128. The van der Waals surface area contributed by atoms with Gasteiger partial charge in [-0.2, -0.15) is 0 Å². The summed E-state index contributed by atoms with van der Waals surface area (Å²) >= 11 is 0. The van der Waals surface area contributed by atoms with Crippen molar-refractivity contribution in [3.05, 3.63) is 150 Å². The van der Waals surface area contributed by atoms with Crippen LogP contribution in [0.25, 0.3) is 10.8 Å². The van der Waals surface area contributed by atoms with Gasteiger partial charge in [0.2, 0.25) is 0 Å². The first-order valence-corrected chi connectivity index (χ1v) is 17.9. The summed E-state index contributed by atoms with van der Waals surface area (Å²) in [7, 11) is 1.58. The van der Waals surface area contributed by atoms with Crippen LogP contribution in [0.15, 0.2) is 127 Å². The first-order chi connectivity index (χ1) is 26.0. The number of benzene rings is 5. The average molecular weight is 723 g/mol. The first kappa shape index (κ1) is 37.1. The maximum absolute atomic E-state index is 12.2. The molecule has 0 aromatic heterocycles. The predicted molar refractivity (Wildman–Crippen MR) is 197 cm³/mol. The molecule has 0 amide bonds. The Morgan fingerprint density at radius 2 is 1.11 bits per heavy atom. The van der Waals surface area contributed by atoms with Crippen molar-refractivity contribution >= 4 is 10.8 Å². The van der Waals surface area contributed by atoms with Gasteiger partial charge >= 0.3 is 0 Å². The van der Waals surface area contributed by atoms with E-state index in [0.717, 1.165) is 27.5 Å². The normalized spacial score (nSPS) is 27.2. The third-order valence-corrected chi connectivity index (χ3v) is 9.78. The molecule has 5 aromatic carbocycles. The van der Waals surface area contributed by atoms with Gasteiger partial charge in [0.25, 0.3) is 0 Å². The summed E-state index contributed by atoms with van der Waals surface area (Å²) in [4.78, 5) is 0. The van der Waals surface area contributed by atoms with Crippen molar-refractivity contribution < 1.29 is 48.5 Å². The Morgan fingerprint density at radius 3 is 1.74 bits per heavy atom. The molecule has 2 fully saturated rings. The minimum absolute atomic E-state index is 0.0262. The summed E-state index contributed by atoms with van der Waals surface area (Å²) in [5, 5.41) is 36.8. The van der Waals surface area contributed by atoms with Gasteiger partial charge in [-0.1, -0.05) is 121 Å². The van der Waals surface area contributed by atoms with Crippen LogP contribution in [0.5, 0.6) is 5.75 Å². The number of hydrogen-bond donors (Lipinski definition) is 3. The smallest absolute Gasteiger partial charge is 0.187 e. The van der Waals surface area contributed by atoms with Gasteiger partial charge in [0.1, 0.15) is 54.6 Å². The van der Waals surface area contributed by atoms with Gasteiger partial charge < -0.3 is 48.5 Å². The van der Waals surface area contributed by atoms with Crippen molar-refractivity contribution in [3.63, 3.8) is 0 Å². The molecule has 2 saturated heterocycles. The lowest BCUT2D eigenvalue weighted by Crippen LogP contribution is -2.61. The standard InChI is InChI=1S/C43H46O10/c1-47-33-22-21-31-19-11-12-20-32(31)36(33)41-39(46)40(35(51-41)27-49-24-29-15-7-3-8-16-29)53-43-42(50-25-30-17-9-4-10-18-30)38(45)37(44)34(52-43)26-48-23-28-13-5-2-6-14-28/h2-22,34-35,37-46H,23-27H2,1H3/t34-,35-,37-,38+,39-,40-,41-,42-,43-/m1/s1. The summed E-state index contributed by atoms with van der Waals surface area (Å²) in [5.41, 5.74) is 3.48. The van der Waals surface area contributed by atoms with Crippen molar-refractivity contribution in [1.29, 1.82) is 0 Å². The van der Waals surface area contributed by atoms with Crippen molar-refractivity contribution in [2.45, 2.75) is 74.9 Å². The van der Waals surface area contributed by atoms with E-state index in [1.54, 1.807) is 7.11 Å². The van der Waals surface area contributed by atoms with Gasteiger partial charge in [0, 0.05) is 5.56 Å². The molecule has 10 nitrogen and oxygen atoms in total. The fourth-order valence-electron chi connectivity index (χ4n) is 7.01. The number of rotatable bonds is 15. The molecule has 5 aromatic rings. The SMILES string of the molecule is COc1ccc2ccccc2c1[C@H]1O[C@H](COCc2ccccc2)[C@@H](O[C@H]2O[C@H](COCc3ccccc3)[C@@H](O)[C@H](O)[C@H]2OCc2ccccc2)[C@H]1O. The molecule has 2 aliphatic rings. The minimum atomic E-state index is -1.40.